The Kier molecular flexibility index (Phi) is 4.10. The van der Waals surface area contributed by atoms with Gasteiger partial charge in [0.25, 0.3) is 5.56 Å². The Balaban J connectivity index is 2.10. The average Bonchev–Trinajstić information content (AvgIpc) is 2.98. The molecule has 1 aliphatic rings. The highest BCUT2D eigenvalue weighted by molar-refractivity contribution is 14.1. The van der Waals surface area contributed by atoms with Crippen LogP contribution in [-0.4, -0.2) is 9.97 Å². The van der Waals surface area contributed by atoms with Gasteiger partial charge in [-0.1, -0.05) is 25.0 Å². The van der Waals surface area contributed by atoms with Crippen LogP contribution >= 0.6 is 22.6 Å². The number of halogens is 2. The molecule has 3 rings (SSSR count). The predicted molar refractivity (Wildman–Crippen MR) is 88.9 cm³/mol. The van der Waals surface area contributed by atoms with Gasteiger partial charge >= 0.3 is 0 Å². The number of aromatic amines is 1. The summed E-state index contributed by atoms with van der Waals surface area (Å²) in [5, 5.41) is 0. The topological polar surface area (TPSA) is 45.8 Å². The summed E-state index contributed by atoms with van der Waals surface area (Å²) in [6.07, 6.45) is 4.52. The van der Waals surface area contributed by atoms with Crippen molar-refractivity contribution in [1.29, 1.82) is 0 Å². The largest absolute Gasteiger partial charge is 0.306 e. The molecule has 1 fully saturated rings. The first kappa shape index (κ1) is 14.7. The standard InChI is InChI=1S/C16H16FIN2O/c1-9-6-7-11(8-12(9)17)15-19-14(10-4-2-3-5-10)13(18)16(21)20-15/h6-8,10H,2-5H2,1H3,(H,19,20,21). The van der Waals surface area contributed by atoms with E-state index in [4.69, 9.17) is 0 Å². The highest BCUT2D eigenvalue weighted by Gasteiger charge is 2.23. The number of aryl methyl sites for hydroxylation is 1. The maximum Gasteiger partial charge on any atom is 0.264 e. The van der Waals surface area contributed by atoms with Crippen molar-refractivity contribution in [1.82, 2.24) is 9.97 Å². The van der Waals surface area contributed by atoms with Gasteiger partial charge in [0.05, 0.1) is 9.26 Å². The number of H-pyrrole nitrogens is 1. The second-order valence-electron chi connectivity index (χ2n) is 5.56. The van der Waals surface area contributed by atoms with Crippen LogP contribution in [0.4, 0.5) is 4.39 Å². The number of nitrogens with one attached hydrogen (secondary N) is 1. The molecule has 21 heavy (non-hydrogen) atoms. The second kappa shape index (κ2) is 5.87. The molecule has 0 amide bonds. The summed E-state index contributed by atoms with van der Waals surface area (Å²) in [7, 11) is 0. The average molecular weight is 398 g/mol. The minimum absolute atomic E-state index is 0.136. The van der Waals surface area contributed by atoms with Crippen molar-refractivity contribution in [3.63, 3.8) is 0 Å². The first-order valence-corrected chi connectivity index (χ1v) is 8.20. The van der Waals surface area contributed by atoms with E-state index in [0.29, 0.717) is 26.4 Å². The molecule has 0 unspecified atom stereocenters. The molecule has 1 saturated carbocycles. The molecule has 0 radical (unpaired) electrons. The van der Waals surface area contributed by atoms with Crippen molar-refractivity contribution >= 4 is 22.6 Å². The van der Waals surface area contributed by atoms with E-state index in [1.807, 2.05) is 0 Å². The van der Waals surface area contributed by atoms with E-state index < -0.39 is 0 Å². The summed E-state index contributed by atoms with van der Waals surface area (Å²) >= 11 is 2.06. The number of rotatable bonds is 2. The van der Waals surface area contributed by atoms with Gasteiger partial charge in [-0.3, -0.25) is 4.79 Å². The first-order chi connectivity index (χ1) is 10.1. The van der Waals surface area contributed by atoms with Crippen LogP contribution in [0.15, 0.2) is 23.0 Å². The second-order valence-corrected chi connectivity index (χ2v) is 6.64. The van der Waals surface area contributed by atoms with Crippen molar-refractivity contribution in [3.8, 4) is 11.4 Å². The molecule has 1 aromatic heterocycles. The summed E-state index contributed by atoms with van der Waals surface area (Å²) < 4.78 is 14.4. The number of nitrogens with zero attached hydrogens (tertiary/aromatic N) is 1. The summed E-state index contributed by atoms with van der Waals surface area (Å²) in [6, 6.07) is 4.93. The molecule has 0 aliphatic heterocycles. The van der Waals surface area contributed by atoms with Gasteiger partial charge < -0.3 is 4.98 Å². The molecular weight excluding hydrogens is 382 g/mol. The molecule has 0 bridgehead atoms. The van der Waals surface area contributed by atoms with Gasteiger partial charge in [0.2, 0.25) is 0 Å². The van der Waals surface area contributed by atoms with Crippen LogP contribution in [-0.2, 0) is 0 Å². The molecule has 0 spiro atoms. The fourth-order valence-electron chi connectivity index (χ4n) is 2.82. The molecule has 1 N–H and O–H groups in total. The van der Waals surface area contributed by atoms with E-state index in [2.05, 4.69) is 32.6 Å². The molecule has 1 aromatic carbocycles. The molecule has 1 heterocycles. The van der Waals surface area contributed by atoms with Gasteiger partial charge in [-0.2, -0.15) is 0 Å². The Morgan fingerprint density at radius 2 is 2.05 bits per heavy atom. The van der Waals surface area contributed by atoms with Crippen molar-refractivity contribution < 1.29 is 4.39 Å². The van der Waals surface area contributed by atoms with Gasteiger partial charge in [-0.05, 0) is 54.0 Å². The molecule has 3 nitrogen and oxygen atoms in total. The Morgan fingerprint density at radius 3 is 2.71 bits per heavy atom. The zero-order valence-corrected chi connectivity index (χ0v) is 13.9. The Labute approximate surface area is 136 Å². The normalized spacial score (nSPS) is 15.6. The lowest BCUT2D eigenvalue weighted by atomic mass is 10.0. The molecule has 2 aromatic rings. The summed E-state index contributed by atoms with van der Waals surface area (Å²) in [5.74, 6) is 0.533. The van der Waals surface area contributed by atoms with Gasteiger partial charge in [0.15, 0.2) is 0 Å². The Bertz CT molecular complexity index is 736. The first-order valence-electron chi connectivity index (χ1n) is 7.12. The minimum Gasteiger partial charge on any atom is -0.306 e. The van der Waals surface area contributed by atoms with E-state index in [-0.39, 0.29) is 11.4 Å². The maximum absolute atomic E-state index is 13.7. The smallest absolute Gasteiger partial charge is 0.264 e. The quantitative estimate of drug-likeness (QED) is 0.773. The fourth-order valence-corrected chi connectivity index (χ4v) is 3.52. The van der Waals surface area contributed by atoms with Gasteiger partial charge in [-0.15, -0.1) is 0 Å². The van der Waals surface area contributed by atoms with Crippen LogP contribution in [0.2, 0.25) is 0 Å². The third-order valence-corrected chi connectivity index (χ3v) is 5.12. The molecular formula is C16H16FIN2O. The van der Waals surface area contributed by atoms with Crippen LogP contribution in [0, 0.1) is 16.3 Å². The predicted octanol–water partition coefficient (Wildman–Crippen LogP) is 4.15. The van der Waals surface area contributed by atoms with Gasteiger partial charge in [0.1, 0.15) is 11.6 Å². The van der Waals surface area contributed by atoms with Crippen LogP contribution in [0.1, 0.15) is 42.9 Å². The van der Waals surface area contributed by atoms with E-state index in [1.54, 1.807) is 19.1 Å². The van der Waals surface area contributed by atoms with Crippen LogP contribution in [0.5, 0.6) is 0 Å². The highest BCUT2D eigenvalue weighted by atomic mass is 127. The van der Waals surface area contributed by atoms with Gasteiger partial charge in [-0.25, -0.2) is 9.37 Å². The maximum atomic E-state index is 13.7. The van der Waals surface area contributed by atoms with E-state index in [0.717, 1.165) is 18.5 Å². The number of benzene rings is 1. The van der Waals surface area contributed by atoms with Crippen LogP contribution in [0.25, 0.3) is 11.4 Å². The van der Waals surface area contributed by atoms with Crippen molar-refractivity contribution in [2.75, 3.05) is 0 Å². The van der Waals surface area contributed by atoms with Crippen LogP contribution in [0.3, 0.4) is 0 Å². The van der Waals surface area contributed by atoms with Crippen molar-refractivity contribution in [2.24, 2.45) is 0 Å². The van der Waals surface area contributed by atoms with E-state index >= 15 is 0 Å². The molecule has 0 saturated heterocycles. The fraction of sp³-hybridized carbons (Fsp3) is 0.375. The zero-order chi connectivity index (χ0) is 15.0. The molecule has 1 aliphatic carbocycles. The third kappa shape index (κ3) is 2.88. The Hall–Kier alpha value is -1.24. The number of hydrogen-bond donors (Lipinski definition) is 1. The molecule has 110 valence electrons. The van der Waals surface area contributed by atoms with E-state index in [9.17, 15) is 9.18 Å². The lowest BCUT2D eigenvalue weighted by Gasteiger charge is -2.12. The lowest BCUT2D eigenvalue weighted by Crippen LogP contribution is -2.18. The summed E-state index contributed by atoms with van der Waals surface area (Å²) in [5.41, 5.74) is 1.93. The molecule has 0 atom stereocenters. The zero-order valence-electron chi connectivity index (χ0n) is 11.7. The highest BCUT2D eigenvalue weighted by Crippen LogP contribution is 2.35. The van der Waals surface area contributed by atoms with Crippen molar-refractivity contribution in [3.05, 3.63) is 49.2 Å². The summed E-state index contributed by atoms with van der Waals surface area (Å²) in [4.78, 5) is 19.5. The lowest BCUT2D eigenvalue weighted by molar-refractivity contribution is 0.618. The third-order valence-electron chi connectivity index (χ3n) is 4.08. The van der Waals surface area contributed by atoms with Gasteiger partial charge in [0, 0.05) is 11.5 Å². The minimum atomic E-state index is -0.281. The Morgan fingerprint density at radius 1 is 1.33 bits per heavy atom. The summed E-state index contributed by atoms with van der Waals surface area (Å²) in [6.45, 7) is 1.72. The van der Waals surface area contributed by atoms with Crippen LogP contribution < -0.4 is 5.56 Å². The SMILES string of the molecule is Cc1ccc(-c2nc(C3CCCC3)c(I)c(=O)[nH]2)cc1F. The van der Waals surface area contributed by atoms with Crippen molar-refractivity contribution in [2.45, 2.75) is 38.5 Å². The number of hydrogen-bond acceptors (Lipinski definition) is 2. The van der Waals surface area contributed by atoms with E-state index in [1.165, 1.54) is 18.9 Å². The number of aromatic nitrogens is 2. The monoisotopic (exact) mass is 398 g/mol. The molecule has 5 heteroatoms.